The number of aliphatic hydroxyl groups is 1. The van der Waals surface area contributed by atoms with Gasteiger partial charge in [-0.2, -0.15) is 0 Å². The lowest BCUT2D eigenvalue weighted by molar-refractivity contribution is -0.143. The molecule has 0 heterocycles. The second-order valence-electron chi connectivity index (χ2n) is 21.7. The van der Waals surface area contributed by atoms with E-state index >= 15 is 0 Å². The van der Waals surface area contributed by atoms with Gasteiger partial charge in [-0.1, -0.05) is 20.3 Å². The molecule has 8 bridgehead atoms. The Hall–Kier alpha value is -4.35. The van der Waals surface area contributed by atoms with Crippen molar-refractivity contribution in [3.63, 3.8) is 0 Å². The Morgan fingerprint density at radius 3 is 1.39 bits per heavy atom. The van der Waals surface area contributed by atoms with E-state index in [9.17, 15) is 43.8 Å². The predicted molar refractivity (Wildman–Crippen MR) is 241 cm³/mol. The average Bonchev–Trinajstić information content (AvgIpc) is 3.24. The summed E-state index contributed by atoms with van der Waals surface area (Å²) >= 11 is 0. The van der Waals surface area contributed by atoms with Gasteiger partial charge < -0.3 is 56.3 Å². The number of aliphatic hydroxyl groups excluding tert-OH is 1. The molecule has 18 heteroatoms. The minimum Gasteiger partial charge on any atom is -0.480 e. The fraction of sp³-hybridized carbons (Fsp3) is 0.854. The monoisotopic (exact) mass is 931 g/mol. The topological polar surface area (TPSA) is 260 Å². The minimum atomic E-state index is -1.47. The number of rotatable bonds is 23. The SMILES string of the molecule is CC[C@H](C)[C@H](NC(=O)[C@H](CCCCNC(=O)OC1C2CC3CC(C2)CC1C3)NC(=O)[C@H](CO)NC(=O)OC(C)(C)C)C(=O)N[C@@H](CCCCNC(=O)OC1C2CC3CC(C2)CC1C3)C(=O)O. The van der Waals surface area contributed by atoms with Crippen molar-refractivity contribution in [2.24, 2.45) is 53.3 Å². The van der Waals surface area contributed by atoms with Crippen molar-refractivity contribution in [2.45, 2.75) is 186 Å². The Bertz CT molecular complexity index is 1670. The Labute approximate surface area is 389 Å². The smallest absolute Gasteiger partial charge is 0.408 e. The van der Waals surface area contributed by atoms with Gasteiger partial charge in [0.1, 0.15) is 42.0 Å². The van der Waals surface area contributed by atoms with Gasteiger partial charge in [-0.05, 0) is 177 Å². The van der Waals surface area contributed by atoms with E-state index in [2.05, 4.69) is 31.9 Å². The number of nitrogens with one attached hydrogen (secondary N) is 6. The molecule has 8 fully saturated rings. The number of aliphatic carboxylic acids is 1. The predicted octanol–water partition coefficient (Wildman–Crippen LogP) is 4.90. The highest BCUT2D eigenvalue weighted by molar-refractivity contribution is 5.94. The third-order valence-corrected chi connectivity index (χ3v) is 15.4. The third-order valence-electron chi connectivity index (χ3n) is 15.4. The van der Waals surface area contributed by atoms with Crippen LogP contribution < -0.4 is 31.9 Å². The number of amides is 6. The van der Waals surface area contributed by atoms with Gasteiger partial charge in [-0.15, -0.1) is 0 Å². The standard InChI is InChI=1S/C48H78N6O12/c1-6-26(2)38(43(58)52-36(44(59)60)12-8-10-14-50-46(62)65-40-33-21-29-16-30(23-33)24-34(40)22-29)54-41(56)35(51-42(57)37(25-55)53-47(63)66-48(3,4)5)11-7-9-13-49-45(61)64-39-31-17-27-15-28(19-31)20-32(39)18-27/h26-40,55H,6-25H2,1-5H3,(H,49,61)(H,50,62)(H,51,57)(H,52,58)(H,53,63)(H,54,56)(H,59,60)/t26-,27?,28?,29?,30?,31?,32?,33?,34?,35-,36-,37-,38-,39?,40?/m0/s1. The van der Waals surface area contributed by atoms with Gasteiger partial charge in [0.05, 0.1) is 6.61 Å². The van der Waals surface area contributed by atoms with Crippen molar-refractivity contribution in [3.8, 4) is 0 Å². The Morgan fingerprint density at radius 2 is 0.985 bits per heavy atom. The zero-order chi connectivity index (χ0) is 47.7. The number of carbonyl (C=O) groups is 7. The van der Waals surface area contributed by atoms with Crippen LogP contribution in [0.3, 0.4) is 0 Å². The van der Waals surface area contributed by atoms with Gasteiger partial charge in [-0.3, -0.25) is 14.4 Å². The van der Waals surface area contributed by atoms with Crippen molar-refractivity contribution in [1.82, 2.24) is 31.9 Å². The summed E-state index contributed by atoms with van der Waals surface area (Å²) in [6, 6.07) is -5.17. The summed E-state index contributed by atoms with van der Waals surface area (Å²) in [5.41, 5.74) is -0.884. The minimum absolute atomic E-state index is 0.0381. The van der Waals surface area contributed by atoms with Crippen molar-refractivity contribution in [3.05, 3.63) is 0 Å². The van der Waals surface area contributed by atoms with E-state index in [1.54, 1.807) is 27.7 Å². The maximum atomic E-state index is 14.0. The molecule has 0 aromatic carbocycles. The van der Waals surface area contributed by atoms with Crippen LogP contribution in [-0.2, 0) is 33.4 Å². The second kappa shape index (κ2) is 23.1. The van der Waals surface area contributed by atoms with Gasteiger partial charge in [-0.25, -0.2) is 19.2 Å². The molecule has 0 unspecified atom stereocenters. The van der Waals surface area contributed by atoms with E-state index in [1.807, 2.05) is 6.92 Å². The van der Waals surface area contributed by atoms with E-state index in [0.717, 1.165) is 75.0 Å². The summed E-state index contributed by atoms with van der Waals surface area (Å²) < 4.78 is 17.1. The van der Waals surface area contributed by atoms with E-state index < -0.39 is 84.3 Å². The first-order valence-electron chi connectivity index (χ1n) is 25.0. The molecule has 66 heavy (non-hydrogen) atoms. The highest BCUT2D eigenvalue weighted by Crippen LogP contribution is 2.55. The van der Waals surface area contributed by atoms with Crippen LogP contribution in [0.15, 0.2) is 0 Å². The van der Waals surface area contributed by atoms with Crippen LogP contribution in [0, 0.1) is 53.3 Å². The lowest BCUT2D eigenvalue weighted by Crippen LogP contribution is -2.59. The highest BCUT2D eigenvalue weighted by Gasteiger charge is 2.51. The quantitative estimate of drug-likeness (QED) is 0.0503. The van der Waals surface area contributed by atoms with Crippen LogP contribution in [-0.4, -0.2) is 114 Å². The zero-order valence-corrected chi connectivity index (χ0v) is 39.8. The molecule has 8 saturated carbocycles. The van der Waals surface area contributed by atoms with Crippen LogP contribution >= 0.6 is 0 Å². The Kier molecular flexibility index (Phi) is 17.9. The largest absolute Gasteiger partial charge is 0.480 e. The van der Waals surface area contributed by atoms with Crippen LogP contribution in [0.5, 0.6) is 0 Å². The number of hydrogen-bond donors (Lipinski definition) is 8. The molecule has 6 amide bonds. The van der Waals surface area contributed by atoms with E-state index in [0.29, 0.717) is 55.8 Å². The van der Waals surface area contributed by atoms with Crippen LogP contribution in [0.2, 0.25) is 0 Å². The molecule has 0 aromatic heterocycles. The van der Waals surface area contributed by atoms with Gasteiger partial charge in [0, 0.05) is 13.1 Å². The number of unbranched alkanes of at least 4 members (excludes halogenated alkanes) is 2. The summed E-state index contributed by atoms with van der Waals surface area (Å²) in [6.45, 7) is 8.23. The molecule has 8 aliphatic carbocycles. The molecule has 0 aliphatic heterocycles. The summed E-state index contributed by atoms with van der Waals surface area (Å²) in [4.78, 5) is 91.7. The molecule has 0 radical (unpaired) electrons. The Balaban J connectivity index is 0.988. The van der Waals surface area contributed by atoms with Crippen molar-refractivity contribution < 1.29 is 58.0 Å². The van der Waals surface area contributed by atoms with E-state index in [4.69, 9.17) is 14.2 Å². The van der Waals surface area contributed by atoms with Gasteiger partial charge in [0.2, 0.25) is 17.7 Å². The van der Waals surface area contributed by atoms with E-state index in [-0.39, 0.29) is 38.1 Å². The zero-order valence-electron chi connectivity index (χ0n) is 39.8. The summed E-state index contributed by atoms with van der Waals surface area (Å²) in [5, 5.41) is 36.0. The van der Waals surface area contributed by atoms with Crippen LogP contribution in [0.4, 0.5) is 14.4 Å². The highest BCUT2D eigenvalue weighted by atomic mass is 16.6. The maximum Gasteiger partial charge on any atom is 0.408 e. The number of carbonyl (C=O) groups excluding carboxylic acids is 6. The Morgan fingerprint density at radius 1 is 0.561 bits per heavy atom. The molecule has 8 N–H and O–H groups in total. The van der Waals surface area contributed by atoms with Crippen molar-refractivity contribution in [2.75, 3.05) is 19.7 Å². The van der Waals surface area contributed by atoms with Crippen molar-refractivity contribution in [1.29, 1.82) is 0 Å². The molecule has 0 spiro atoms. The summed E-state index contributed by atoms with van der Waals surface area (Å²) in [7, 11) is 0. The average molecular weight is 931 g/mol. The summed E-state index contributed by atoms with van der Waals surface area (Å²) in [6.07, 6.45) is 11.8. The summed E-state index contributed by atoms with van der Waals surface area (Å²) in [5.74, 6) is 0.723. The molecular formula is C48H78N6O12. The number of hydrogen-bond acceptors (Lipinski definition) is 11. The molecule has 372 valence electrons. The normalized spacial score (nSPS) is 30.2. The molecule has 0 aromatic rings. The number of alkyl carbamates (subject to hydrolysis) is 3. The number of carboxylic acid groups (broad SMARTS) is 1. The first-order valence-corrected chi connectivity index (χ1v) is 25.0. The third kappa shape index (κ3) is 14.1. The fourth-order valence-corrected chi connectivity index (χ4v) is 12.5. The lowest BCUT2D eigenvalue weighted by atomic mass is 9.55. The molecule has 0 saturated heterocycles. The molecule has 18 nitrogen and oxygen atoms in total. The molecule has 8 aliphatic rings. The lowest BCUT2D eigenvalue weighted by Gasteiger charge is -2.53. The maximum absolute atomic E-state index is 14.0. The van der Waals surface area contributed by atoms with Crippen LogP contribution in [0.1, 0.15) is 144 Å². The molecular weight excluding hydrogens is 853 g/mol. The van der Waals surface area contributed by atoms with E-state index in [1.165, 1.54) is 12.8 Å². The second-order valence-corrected chi connectivity index (χ2v) is 21.7. The van der Waals surface area contributed by atoms with Crippen molar-refractivity contribution >= 4 is 42.0 Å². The van der Waals surface area contributed by atoms with Gasteiger partial charge in [0.25, 0.3) is 0 Å². The number of carboxylic acids is 1. The molecule has 8 rings (SSSR count). The van der Waals surface area contributed by atoms with Gasteiger partial charge >= 0.3 is 24.2 Å². The fourth-order valence-electron chi connectivity index (χ4n) is 12.5. The number of ether oxygens (including phenoxy) is 3. The van der Waals surface area contributed by atoms with Gasteiger partial charge in [0.15, 0.2) is 0 Å². The van der Waals surface area contributed by atoms with Crippen LogP contribution in [0.25, 0.3) is 0 Å². The first-order chi connectivity index (χ1) is 31.4. The molecule has 5 atom stereocenters. The first kappa shape index (κ1) is 51.0.